The fourth-order valence-corrected chi connectivity index (χ4v) is 2.14. The Kier molecular flexibility index (Phi) is 6.99. The number of amides is 2. The van der Waals surface area contributed by atoms with E-state index in [1.54, 1.807) is 36.4 Å². The molecule has 0 bridgehead atoms. The van der Waals surface area contributed by atoms with Crippen LogP contribution in [-0.4, -0.2) is 29.5 Å². The highest BCUT2D eigenvalue weighted by Crippen LogP contribution is 2.14. The highest BCUT2D eigenvalue weighted by atomic mass is 16.6. The molecule has 26 heavy (non-hydrogen) atoms. The lowest BCUT2D eigenvalue weighted by Gasteiger charge is -2.04. The van der Waals surface area contributed by atoms with Gasteiger partial charge < -0.3 is 5.32 Å². The van der Waals surface area contributed by atoms with Crippen molar-refractivity contribution in [3.8, 4) is 0 Å². The summed E-state index contributed by atoms with van der Waals surface area (Å²) in [5, 5.41) is 17.3. The molecule has 0 radical (unpaired) electrons. The van der Waals surface area contributed by atoms with E-state index in [2.05, 4.69) is 15.8 Å². The minimum absolute atomic E-state index is 0.0888. The topological polar surface area (TPSA) is 114 Å². The van der Waals surface area contributed by atoms with Gasteiger partial charge >= 0.3 is 0 Å². The van der Waals surface area contributed by atoms with E-state index < -0.39 is 4.92 Å². The Balaban J connectivity index is 1.71. The van der Waals surface area contributed by atoms with Gasteiger partial charge in [-0.15, -0.1) is 0 Å². The van der Waals surface area contributed by atoms with Crippen LogP contribution in [0.2, 0.25) is 0 Å². The molecule has 134 valence electrons. The Bertz CT molecular complexity index is 806. The second-order valence-electron chi connectivity index (χ2n) is 5.33. The number of para-hydroxylation sites is 1. The standard InChI is InChI=1S/C18H18N4O4/c23-17(11-6-12-19-18(24)14-7-2-1-3-8-14)21-20-13-15-9-4-5-10-16(15)22(25)26/h1-5,7-10,13H,6,11-12H2,(H,19,24)(H,21,23)/b20-13+. The van der Waals surface area contributed by atoms with Crippen molar-refractivity contribution in [2.24, 2.45) is 5.10 Å². The average molecular weight is 354 g/mol. The zero-order chi connectivity index (χ0) is 18.8. The van der Waals surface area contributed by atoms with E-state index in [-0.39, 0.29) is 23.9 Å². The lowest BCUT2D eigenvalue weighted by molar-refractivity contribution is -0.385. The number of hydrazone groups is 1. The number of nitrogens with one attached hydrogen (secondary N) is 2. The lowest BCUT2D eigenvalue weighted by atomic mass is 10.2. The molecule has 0 atom stereocenters. The van der Waals surface area contributed by atoms with Crippen LogP contribution in [0.15, 0.2) is 59.7 Å². The summed E-state index contributed by atoms with van der Waals surface area (Å²) < 4.78 is 0. The van der Waals surface area contributed by atoms with Crippen molar-refractivity contribution < 1.29 is 14.5 Å². The lowest BCUT2D eigenvalue weighted by Crippen LogP contribution is -2.26. The summed E-state index contributed by atoms with van der Waals surface area (Å²) >= 11 is 0. The molecule has 2 aromatic rings. The zero-order valence-corrected chi connectivity index (χ0v) is 13.9. The van der Waals surface area contributed by atoms with Crippen LogP contribution in [0.25, 0.3) is 0 Å². The minimum atomic E-state index is -0.515. The van der Waals surface area contributed by atoms with Gasteiger partial charge in [0, 0.05) is 24.6 Å². The Morgan fingerprint density at radius 3 is 2.50 bits per heavy atom. The highest BCUT2D eigenvalue weighted by molar-refractivity contribution is 5.94. The molecule has 2 rings (SSSR count). The van der Waals surface area contributed by atoms with Crippen LogP contribution < -0.4 is 10.7 Å². The molecule has 0 unspecified atom stereocenters. The van der Waals surface area contributed by atoms with Gasteiger partial charge in [-0.05, 0) is 24.6 Å². The molecule has 0 aliphatic rings. The molecular weight excluding hydrogens is 336 g/mol. The van der Waals surface area contributed by atoms with E-state index in [9.17, 15) is 19.7 Å². The van der Waals surface area contributed by atoms with Crippen LogP contribution in [-0.2, 0) is 4.79 Å². The highest BCUT2D eigenvalue weighted by Gasteiger charge is 2.10. The predicted molar refractivity (Wildman–Crippen MR) is 96.8 cm³/mol. The summed E-state index contributed by atoms with van der Waals surface area (Å²) in [5.74, 6) is -0.533. The summed E-state index contributed by atoms with van der Waals surface area (Å²) in [6.07, 6.45) is 1.85. The Morgan fingerprint density at radius 1 is 1.08 bits per heavy atom. The van der Waals surface area contributed by atoms with E-state index in [0.29, 0.717) is 24.1 Å². The molecule has 0 aromatic heterocycles. The fourth-order valence-electron chi connectivity index (χ4n) is 2.14. The third kappa shape index (κ3) is 5.82. The van der Waals surface area contributed by atoms with Gasteiger partial charge in [0.25, 0.3) is 11.6 Å². The maximum absolute atomic E-state index is 11.8. The van der Waals surface area contributed by atoms with Crippen molar-refractivity contribution in [3.05, 3.63) is 75.8 Å². The van der Waals surface area contributed by atoms with E-state index in [1.165, 1.54) is 18.3 Å². The number of rotatable bonds is 8. The molecular formula is C18H18N4O4. The van der Waals surface area contributed by atoms with Crippen molar-refractivity contribution in [3.63, 3.8) is 0 Å². The molecule has 8 nitrogen and oxygen atoms in total. The summed E-state index contributed by atoms with van der Waals surface area (Å²) in [6, 6.07) is 14.9. The van der Waals surface area contributed by atoms with Gasteiger partial charge in [-0.1, -0.05) is 30.3 Å². The van der Waals surface area contributed by atoms with E-state index in [4.69, 9.17) is 0 Å². The quantitative estimate of drug-likeness (QED) is 0.327. The number of nitro benzene ring substituents is 1. The van der Waals surface area contributed by atoms with Crippen molar-refractivity contribution >= 4 is 23.7 Å². The number of carbonyl (C=O) groups is 2. The maximum Gasteiger partial charge on any atom is 0.278 e. The molecule has 0 aliphatic carbocycles. The van der Waals surface area contributed by atoms with Crippen LogP contribution in [0.3, 0.4) is 0 Å². The number of hydrogen-bond acceptors (Lipinski definition) is 5. The monoisotopic (exact) mass is 354 g/mol. The van der Waals surface area contributed by atoms with E-state index >= 15 is 0 Å². The molecule has 0 spiro atoms. The number of nitro groups is 1. The first-order valence-electron chi connectivity index (χ1n) is 7.96. The summed E-state index contributed by atoms with van der Waals surface area (Å²) in [5.41, 5.74) is 3.08. The molecule has 0 fully saturated rings. The van der Waals surface area contributed by atoms with Crippen molar-refractivity contribution in [2.45, 2.75) is 12.8 Å². The normalized spacial score (nSPS) is 10.5. The third-order valence-electron chi connectivity index (χ3n) is 3.43. The molecule has 2 amide bonds. The first-order valence-corrected chi connectivity index (χ1v) is 7.96. The van der Waals surface area contributed by atoms with Gasteiger partial charge in [-0.3, -0.25) is 19.7 Å². The van der Waals surface area contributed by atoms with Gasteiger partial charge in [0.15, 0.2) is 0 Å². The van der Waals surface area contributed by atoms with Crippen LogP contribution in [0, 0.1) is 10.1 Å². The number of carbonyl (C=O) groups excluding carboxylic acids is 2. The van der Waals surface area contributed by atoms with E-state index in [0.717, 1.165) is 0 Å². The van der Waals surface area contributed by atoms with Crippen LogP contribution in [0.1, 0.15) is 28.8 Å². The van der Waals surface area contributed by atoms with Crippen molar-refractivity contribution in [1.82, 2.24) is 10.7 Å². The molecule has 0 heterocycles. The Hall–Kier alpha value is -3.55. The second kappa shape index (κ2) is 9.67. The number of hydrogen-bond donors (Lipinski definition) is 2. The van der Waals surface area contributed by atoms with Gasteiger partial charge in [0.05, 0.1) is 16.7 Å². The fraction of sp³-hybridized carbons (Fsp3) is 0.167. The first-order chi connectivity index (χ1) is 12.6. The molecule has 2 N–H and O–H groups in total. The van der Waals surface area contributed by atoms with Crippen molar-refractivity contribution in [1.29, 1.82) is 0 Å². The maximum atomic E-state index is 11.8. The summed E-state index contributed by atoms with van der Waals surface area (Å²) in [7, 11) is 0. The molecule has 0 saturated carbocycles. The second-order valence-corrected chi connectivity index (χ2v) is 5.33. The molecule has 2 aromatic carbocycles. The molecule has 0 aliphatic heterocycles. The summed E-state index contributed by atoms with van der Waals surface area (Å²) in [6.45, 7) is 0.356. The van der Waals surface area contributed by atoms with Gasteiger partial charge in [0.2, 0.25) is 5.91 Å². The SMILES string of the molecule is O=C(CCCNC(=O)c1ccccc1)N/N=C/c1ccccc1[N+](=O)[O-]. The predicted octanol–water partition coefficient (Wildman–Crippen LogP) is 2.26. The minimum Gasteiger partial charge on any atom is -0.352 e. The van der Waals surface area contributed by atoms with Gasteiger partial charge in [0.1, 0.15) is 0 Å². The first kappa shape index (κ1) is 18.8. The van der Waals surface area contributed by atoms with E-state index in [1.807, 2.05) is 6.07 Å². The van der Waals surface area contributed by atoms with Crippen LogP contribution in [0.4, 0.5) is 5.69 Å². The zero-order valence-electron chi connectivity index (χ0n) is 13.9. The van der Waals surface area contributed by atoms with Gasteiger partial charge in [-0.2, -0.15) is 5.10 Å². The largest absolute Gasteiger partial charge is 0.352 e. The third-order valence-corrected chi connectivity index (χ3v) is 3.43. The summed E-state index contributed by atoms with van der Waals surface area (Å²) in [4.78, 5) is 33.9. The van der Waals surface area contributed by atoms with Gasteiger partial charge in [-0.25, -0.2) is 5.43 Å². The van der Waals surface area contributed by atoms with Crippen molar-refractivity contribution in [2.75, 3.05) is 6.54 Å². The average Bonchev–Trinajstić information content (AvgIpc) is 2.66. The smallest absolute Gasteiger partial charge is 0.278 e. The van der Waals surface area contributed by atoms with Crippen LogP contribution in [0.5, 0.6) is 0 Å². The molecule has 0 saturated heterocycles. The van der Waals surface area contributed by atoms with Crippen LogP contribution >= 0.6 is 0 Å². The Morgan fingerprint density at radius 2 is 1.77 bits per heavy atom. The number of nitrogens with zero attached hydrogens (tertiary/aromatic N) is 2. The Labute approximate surface area is 150 Å². The number of benzene rings is 2. The molecule has 8 heteroatoms.